The van der Waals surface area contributed by atoms with E-state index in [0.29, 0.717) is 6.54 Å². The molecule has 2 aromatic heterocycles. The Labute approximate surface area is 166 Å². The van der Waals surface area contributed by atoms with E-state index in [0.717, 1.165) is 46.3 Å². The van der Waals surface area contributed by atoms with Gasteiger partial charge in [-0.1, -0.05) is 18.2 Å². The van der Waals surface area contributed by atoms with E-state index in [1.54, 1.807) is 0 Å². The van der Waals surface area contributed by atoms with Gasteiger partial charge < -0.3 is 20.0 Å². The molecule has 1 atom stereocenters. The van der Waals surface area contributed by atoms with Gasteiger partial charge in [-0.15, -0.1) is 0 Å². The molecule has 2 heterocycles. The third-order valence-electron chi connectivity index (χ3n) is 4.54. The highest BCUT2D eigenvalue weighted by atomic mass is 16.3. The third-order valence-corrected chi connectivity index (χ3v) is 4.54. The lowest BCUT2D eigenvalue weighted by Crippen LogP contribution is -2.38. The van der Waals surface area contributed by atoms with Crippen LogP contribution in [0.3, 0.4) is 0 Å². The van der Waals surface area contributed by atoms with Gasteiger partial charge in [0.25, 0.3) is 0 Å². The molecule has 0 radical (unpaired) electrons. The average molecular weight is 380 g/mol. The number of para-hydroxylation sites is 1. The zero-order valence-electron chi connectivity index (χ0n) is 17.3. The van der Waals surface area contributed by atoms with Gasteiger partial charge in [0.2, 0.25) is 0 Å². The standard InChI is InChI=1S/C22H29N5O/c1-6-23-22(25-16(3)20-12-11-15(2)28-20)24-14-17-13-21(27(4)5)26-19-10-8-7-9-18(17)19/h7-13,16H,6,14H2,1-5H3,(H2,23,24,25). The number of pyridine rings is 1. The number of nitrogens with zero attached hydrogens (tertiary/aromatic N) is 3. The van der Waals surface area contributed by atoms with Crippen LogP contribution in [0.2, 0.25) is 0 Å². The van der Waals surface area contributed by atoms with Gasteiger partial charge in [-0.05, 0) is 50.6 Å². The molecule has 0 spiro atoms. The van der Waals surface area contributed by atoms with Crippen LogP contribution in [0.5, 0.6) is 0 Å². The summed E-state index contributed by atoms with van der Waals surface area (Å²) in [6.07, 6.45) is 0. The number of aryl methyl sites for hydroxylation is 1. The monoisotopic (exact) mass is 379 g/mol. The average Bonchev–Trinajstić information content (AvgIpc) is 3.12. The molecule has 0 saturated carbocycles. The second-order valence-corrected chi connectivity index (χ2v) is 7.06. The van der Waals surface area contributed by atoms with Gasteiger partial charge in [-0.25, -0.2) is 9.98 Å². The Kier molecular flexibility index (Phi) is 6.19. The molecule has 0 aliphatic heterocycles. The number of hydrogen-bond donors (Lipinski definition) is 2. The van der Waals surface area contributed by atoms with Crippen molar-refractivity contribution in [2.75, 3.05) is 25.5 Å². The maximum absolute atomic E-state index is 5.73. The maximum atomic E-state index is 5.73. The molecule has 1 unspecified atom stereocenters. The third kappa shape index (κ3) is 4.63. The minimum Gasteiger partial charge on any atom is -0.464 e. The molecule has 2 N–H and O–H groups in total. The number of nitrogens with one attached hydrogen (secondary N) is 2. The summed E-state index contributed by atoms with van der Waals surface area (Å²) in [5, 5.41) is 7.87. The van der Waals surface area contributed by atoms with Crippen molar-refractivity contribution in [1.82, 2.24) is 15.6 Å². The molecule has 28 heavy (non-hydrogen) atoms. The van der Waals surface area contributed by atoms with Gasteiger partial charge in [0.15, 0.2) is 5.96 Å². The lowest BCUT2D eigenvalue weighted by atomic mass is 10.1. The van der Waals surface area contributed by atoms with E-state index >= 15 is 0 Å². The molecule has 3 aromatic rings. The highest BCUT2D eigenvalue weighted by molar-refractivity contribution is 5.85. The second kappa shape index (κ2) is 8.78. The van der Waals surface area contributed by atoms with Gasteiger partial charge in [0.05, 0.1) is 18.1 Å². The van der Waals surface area contributed by atoms with Crippen molar-refractivity contribution in [3.05, 3.63) is 59.5 Å². The molecule has 0 fully saturated rings. The first-order valence-electron chi connectivity index (χ1n) is 9.65. The number of furan rings is 1. The van der Waals surface area contributed by atoms with Crippen LogP contribution in [0.25, 0.3) is 10.9 Å². The molecule has 0 aliphatic carbocycles. The molecule has 0 amide bonds. The number of fused-ring (bicyclic) bond motifs is 1. The van der Waals surface area contributed by atoms with Crippen LogP contribution in [0.15, 0.2) is 51.9 Å². The van der Waals surface area contributed by atoms with Crippen molar-refractivity contribution in [3.63, 3.8) is 0 Å². The van der Waals surface area contributed by atoms with E-state index in [1.165, 1.54) is 0 Å². The van der Waals surface area contributed by atoms with Gasteiger partial charge in [0, 0.05) is 26.0 Å². The largest absolute Gasteiger partial charge is 0.464 e. The smallest absolute Gasteiger partial charge is 0.192 e. The van der Waals surface area contributed by atoms with Crippen molar-refractivity contribution < 1.29 is 4.42 Å². The fraction of sp³-hybridized carbons (Fsp3) is 0.364. The molecular formula is C22H29N5O. The Bertz CT molecular complexity index is 960. The van der Waals surface area contributed by atoms with Gasteiger partial charge in [0.1, 0.15) is 17.3 Å². The first kappa shape index (κ1) is 19.7. The quantitative estimate of drug-likeness (QED) is 0.500. The van der Waals surface area contributed by atoms with Crippen molar-refractivity contribution in [2.45, 2.75) is 33.4 Å². The van der Waals surface area contributed by atoms with Crippen LogP contribution >= 0.6 is 0 Å². The van der Waals surface area contributed by atoms with Gasteiger partial charge in [-0.3, -0.25) is 0 Å². The first-order valence-corrected chi connectivity index (χ1v) is 9.65. The lowest BCUT2D eigenvalue weighted by Gasteiger charge is -2.17. The van der Waals surface area contributed by atoms with Gasteiger partial charge in [-0.2, -0.15) is 0 Å². The molecule has 3 rings (SSSR count). The summed E-state index contributed by atoms with van der Waals surface area (Å²) in [5.41, 5.74) is 2.13. The number of benzene rings is 1. The summed E-state index contributed by atoms with van der Waals surface area (Å²) in [5.74, 6) is 3.50. The number of rotatable bonds is 6. The normalized spacial score (nSPS) is 12.8. The van der Waals surface area contributed by atoms with Crippen LogP contribution < -0.4 is 15.5 Å². The SMILES string of the molecule is CCNC(=NCc1cc(N(C)C)nc2ccccc12)NC(C)c1ccc(C)o1. The molecule has 0 bridgehead atoms. The van der Waals surface area contributed by atoms with Crippen molar-refractivity contribution in [1.29, 1.82) is 0 Å². The summed E-state index contributed by atoms with van der Waals surface area (Å²) < 4.78 is 5.73. The lowest BCUT2D eigenvalue weighted by molar-refractivity contribution is 0.441. The Morgan fingerprint density at radius 1 is 1.21 bits per heavy atom. The fourth-order valence-corrected chi connectivity index (χ4v) is 3.04. The number of guanidine groups is 1. The Morgan fingerprint density at radius 3 is 2.68 bits per heavy atom. The van der Waals surface area contributed by atoms with E-state index in [-0.39, 0.29) is 6.04 Å². The van der Waals surface area contributed by atoms with E-state index in [4.69, 9.17) is 14.4 Å². The summed E-state index contributed by atoms with van der Waals surface area (Å²) in [6, 6.07) is 14.3. The zero-order valence-corrected chi connectivity index (χ0v) is 17.3. The Morgan fingerprint density at radius 2 is 2.00 bits per heavy atom. The Hall–Kier alpha value is -3.02. The zero-order chi connectivity index (χ0) is 20.1. The number of aromatic nitrogens is 1. The summed E-state index contributed by atoms with van der Waals surface area (Å²) in [6.45, 7) is 7.42. The number of aliphatic imine (C=N–C) groups is 1. The van der Waals surface area contributed by atoms with E-state index < -0.39 is 0 Å². The minimum absolute atomic E-state index is 0.0259. The van der Waals surface area contributed by atoms with Crippen molar-refractivity contribution in [2.24, 2.45) is 4.99 Å². The Balaban J connectivity index is 1.86. The minimum atomic E-state index is 0.0259. The van der Waals surface area contributed by atoms with Crippen LogP contribution in [0.4, 0.5) is 5.82 Å². The molecule has 6 nitrogen and oxygen atoms in total. The summed E-state index contributed by atoms with van der Waals surface area (Å²) >= 11 is 0. The topological polar surface area (TPSA) is 65.7 Å². The maximum Gasteiger partial charge on any atom is 0.192 e. The van der Waals surface area contributed by atoms with E-state index in [1.807, 2.05) is 56.3 Å². The summed E-state index contributed by atoms with van der Waals surface area (Å²) in [7, 11) is 4.01. The predicted molar refractivity (Wildman–Crippen MR) is 116 cm³/mol. The van der Waals surface area contributed by atoms with Crippen LogP contribution in [-0.4, -0.2) is 31.6 Å². The molecule has 1 aromatic carbocycles. The highest BCUT2D eigenvalue weighted by Gasteiger charge is 2.12. The summed E-state index contributed by atoms with van der Waals surface area (Å²) in [4.78, 5) is 11.6. The molecule has 148 valence electrons. The predicted octanol–water partition coefficient (Wildman–Crippen LogP) is 4.02. The van der Waals surface area contributed by atoms with E-state index in [2.05, 4.69) is 36.6 Å². The second-order valence-electron chi connectivity index (χ2n) is 7.06. The molecule has 0 aliphatic rings. The fourth-order valence-electron chi connectivity index (χ4n) is 3.04. The number of hydrogen-bond acceptors (Lipinski definition) is 4. The number of anilines is 1. The first-order chi connectivity index (χ1) is 13.5. The molecular weight excluding hydrogens is 350 g/mol. The van der Waals surface area contributed by atoms with Crippen LogP contribution in [0.1, 0.15) is 37.0 Å². The van der Waals surface area contributed by atoms with Crippen molar-refractivity contribution >= 4 is 22.7 Å². The van der Waals surface area contributed by atoms with E-state index in [9.17, 15) is 0 Å². The van der Waals surface area contributed by atoms with Crippen molar-refractivity contribution in [3.8, 4) is 0 Å². The van der Waals surface area contributed by atoms with Crippen LogP contribution in [-0.2, 0) is 6.54 Å². The van der Waals surface area contributed by atoms with Gasteiger partial charge >= 0.3 is 0 Å². The highest BCUT2D eigenvalue weighted by Crippen LogP contribution is 2.23. The molecule has 6 heteroatoms. The van der Waals surface area contributed by atoms with Crippen LogP contribution in [0, 0.1) is 6.92 Å². The molecule has 0 saturated heterocycles.